The Kier molecular flexibility index (Phi) is 8.33. The van der Waals surface area contributed by atoms with Gasteiger partial charge in [-0.1, -0.05) is 30.3 Å². The molecule has 150 valence electrons. The van der Waals surface area contributed by atoms with Gasteiger partial charge in [0.1, 0.15) is 0 Å². The maximum Gasteiger partial charge on any atom is 0.253 e. The Morgan fingerprint density at radius 1 is 1.21 bits per heavy atom. The Morgan fingerprint density at radius 2 is 2.00 bits per heavy atom. The first-order chi connectivity index (χ1) is 13.7. The number of thioether (sulfide) groups is 1. The van der Waals surface area contributed by atoms with Gasteiger partial charge in [-0.2, -0.15) is 0 Å². The zero-order valence-corrected chi connectivity index (χ0v) is 17.3. The molecule has 0 radical (unpaired) electrons. The van der Waals surface area contributed by atoms with Crippen LogP contribution in [0.25, 0.3) is 0 Å². The van der Waals surface area contributed by atoms with Gasteiger partial charge in [-0.25, -0.2) is 4.98 Å². The predicted molar refractivity (Wildman–Crippen MR) is 114 cm³/mol. The molecule has 28 heavy (non-hydrogen) atoms. The number of aryl methyl sites for hydroxylation is 1. The van der Waals surface area contributed by atoms with Crippen molar-refractivity contribution in [3.63, 3.8) is 0 Å². The van der Waals surface area contributed by atoms with Gasteiger partial charge in [0.2, 0.25) is 0 Å². The maximum absolute atomic E-state index is 12.4. The summed E-state index contributed by atoms with van der Waals surface area (Å²) in [6.07, 6.45) is 3.55. The van der Waals surface area contributed by atoms with Crippen LogP contribution in [-0.2, 0) is 11.2 Å². The molecule has 0 bridgehead atoms. The van der Waals surface area contributed by atoms with Crippen LogP contribution in [0.1, 0.15) is 29.3 Å². The van der Waals surface area contributed by atoms with Gasteiger partial charge in [0.05, 0.1) is 23.8 Å². The summed E-state index contributed by atoms with van der Waals surface area (Å²) in [6.45, 7) is 6.76. The van der Waals surface area contributed by atoms with Gasteiger partial charge < -0.3 is 10.1 Å². The summed E-state index contributed by atoms with van der Waals surface area (Å²) in [5.74, 6) is 0.938. The zero-order chi connectivity index (χ0) is 19.6. The maximum atomic E-state index is 12.4. The number of rotatable bonds is 9. The molecule has 1 aromatic carbocycles. The average molecular weight is 400 g/mol. The van der Waals surface area contributed by atoms with Crippen LogP contribution < -0.4 is 5.32 Å². The quantitative estimate of drug-likeness (QED) is 0.656. The second kappa shape index (κ2) is 11.2. The van der Waals surface area contributed by atoms with E-state index < -0.39 is 0 Å². The molecule has 6 heteroatoms. The fraction of sp³-hybridized carbons (Fsp3) is 0.455. The first kappa shape index (κ1) is 20.8. The lowest BCUT2D eigenvalue weighted by Gasteiger charge is -2.26. The first-order valence-electron chi connectivity index (χ1n) is 9.94. The highest BCUT2D eigenvalue weighted by molar-refractivity contribution is 7.99. The van der Waals surface area contributed by atoms with Crippen molar-refractivity contribution in [1.29, 1.82) is 0 Å². The van der Waals surface area contributed by atoms with E-state index in [0.29, 0.717) is 5.56 Å². The number of carbonyl (C=O) groups excluding carboxylic acids is 1. The Balaban J connectivity index is 1.38. The normalized spacial score (nSPS) is 15.9. The Morgan fingerprint density at radius 3 is 2.71 bits per heavy atom. The van der Waals surface area contributed by atoms with E-state index in [1.54, 1.807) is 18.0 Å². The third kappa shape index (κ3) is 6.93. The van der Waals surface area contributed by atoms with Crippen LogP contribution in [0.15, 0.2) is 53.7 Å². The molecule has 2 aromatic rings. The van der Waals surface area contributed by atoms with Crippen LogP contribution in [0.2, 0.25) is 0 Å². The highest BCUT2D eigenvalue weighted by Crippen LogP contribution is 2.16. The molecule has 1 N–H and O–H groups in total. The summed E-state index contributed by atoms with van der Waals surface area (Å²) in [5.41, 5.74) is 1.91. The van der Waals surface area contributed by atoms with E-state index in [9.17, 15) is 4.79 Å². The highest BCUT2D eigenvalue weighted by atomic mass is 32.2. The number of aromatic nitrogens is 1. The fourth-order valence-corrected chi connectivity index (χ4v) is 3.96. The van der Waals surface area contributed by atoms with Crippen LogP contribution in [-0.4, -0.2) is 60.4 Å². The largest absolute Gasteiger partial charge is 0.379 e. The molecule has 1 amide bonds. The minimum atomic E-state index is -0.0575. The predicted octanol–water partition coefficient (Wildman–Crippen LogP) is 3.26. The molecule has 0 spiro atoms. The summed E-state index contributed by atoms with van der Waals surface area (Å²) in [4.78, 5) is 19.3. The summed E-state index contributed by atoms with van der Waals surface area (Å²) in [7, 11) is 0. The van der Waals surface area contributed by atoms with E-state index in [1.165, 1.54) is 5.56 Å². The van der Waals surface area contributed by atoms with Crippen molar-refractivity contribution in [2.75, 3.05) is 38.6 Å². The Hall–Kier alpha value is -1.89. The van der Waals surface area contributed by atoms with Crippen LogP contribution in [0.5, 0.6) is 0 Å². The van der Waals surface area contributed by atoms with E-state index in [0.717, 1.165) is 56.5 Å². The highest BCUT2D eigenvalue weighted by Gasteiger charge is 2.12. The molecule has 1 aliphatic heterocycles. The molecule has 1 saturated heterocycles. The van der Waals surface area contributed by atoms with Crippen molar-refractivity contribution in [2.45, 2.75) is 30.8 Å². The number of amides is 1. The molecule has 1 fully saturated rings. The molecule has 3 rings (SSSR count). The molecular weight excluding hydrogens is 370 g/mol. The van der Waals surface area contributed by atoms with Gasteiger partial charge in [-0.05, 0) is 37.5 Å². The van der Waals surface area contributed by atoms with E-state index in [4.69, 9.17) is 4.74 Å². The molecule has 5 nitrogen and oxygen atoms in total. The van der Waals surface area contributed by atoms with E-state index in [1.807, 2.05) is 37.3 Å². The van der Waals surface area contributed by atoms with E-state index >= 15 is 0 Å². The topological polar surface area (TPSA) is 54.5 Å². The van der Waals surface area contributed by atoms with Crippen molar-refractivity contribution in [1.82, 2.24) is 15.2 Å². The molecule has 2 heterocycles. The number of hydrogen-bond acceptors (Lipinski definition) is 5. The van der Waals surface area contributed by atoms with Crippen LogP contribution >= 0.6 is 11.8 Å². The van der Waals surface area contributed by atoms with Crippen molar-refractivity contribution < 1.29 is 9.53 Å². The van der Waals surface area contributed by atoms with Crippen molar-refractivity contribution in [3.8, 4) is 0 Å². The summed E-state index contributed by atoms with van der Waals surface area (Å²) in [6, 6.07) is 14.3. The van der Waals surface area contributed by atoms with Gasteiger partial charge in [0.15, 0.2) is 0 Å². The van der Waals surface area contributed by atoms with Crippen molar-refractivity contribution >= 4 is 17.7 Å². The molecule has 1 aromatic heterocycles. The van der Waals surface area contributed by atoms with Gasteiger partial charge in [-0.15, -0.1) is 11.8 Å². The van der Waals surface area contributed by atoms with Crippen LogP contribution in [0.4, 0.5) is 0 Å². The van der Waals surface area contributed by atoms with Gasteiger partial charge in [-0.3, -0.25) is 9.69 Å². The number of hydrogen-bond donors (Lipinski definition) is 1. The minimum absolute atomic E-state index is 0.0575. The Bertz CT molecular complexity index is 718. The Labute approximate surface area is 171 Å². The molecular formula is C22H29N3O2S. The molecule has 1 atom stereocenters. The van der Waals surface area contributed by atoms with E-state index in [2.05, 4.69) is 27.3 Å². The summed E-state index contributed by atoms with van der Waals surface area (Å²) >= 11 is 1.73. The SMILES string of the molecule is C[C@@H](CCc1ccccc1)NC(=O)c1ccc(SCCN2CCOCC2)nc1. The van der Waals surface area contributed by atoms with Crippen molar-refractivity contribution in [3.05, 3.63) is 59.8 Å². The van der Waals surface area contributed by atoms with Crippen LogP contribution in [0.3, 0.4) is 0 Å². The molecule has 1 aliphatic rings. The number of benzene rings is 1. The molecule has 0 unspecified atom stereocenters. The van der Waals surface area contributed by atoms with Gasteiger partial charge in [0.25, 0.3) is 5.91 Å². The number of carbonyl (C=O) groups is 1. The monoisotopic (exact) mass is 399 g/mol. The average Bonchev–Trinajstić information content (AvgIpc) is 2.74. The van der Waals surface area contributed by atoms with E-state index in [-0.39, 0.29) is 11.9 Å². The standard InChI is InChI=1S/C22H29N3O2S/c1-18(7-8-19-5-3-2-4-6-19)24-22(26)20-9-10-21(23-17-20)28-16-13-25-11-14-27-15-12-25/h2-6,9-10,17-18H,7-8,11-16H2,1H3,(H,24,26)/t18-/m0/s1. The number of morpholine rings is 1. The minimum Gasteiger partial charge on any atom is -0.379 e. The lowest BCUT2D eigenvalue weighted by molar-refractivity contribution is 0.0410. The van der Waals surface area contributed by atoms with Gasteiger partial charge in [0, 0.05) is 37.6 Å². The third-order valence-electron chi connectivity index (χ3n) is 4.85. The first-order valence-corrected chi connectivity index (χ1v) is 10.9. The number of nitrogens with zero attached hydrogens (tertiary/aromatic N) is 2. The lowest BCUT2D eigenvalue weighted by atomic mass is 10.1. The van der Waals surface area contributed by atoms with Crippen molar-refractivity contribution in [2.24, 2.45) is 0 Å². The zero-order valence-electron chi connectivity index (χ0n) is 16.5. The smallest absolute Gasteiger partial charge is 0.253 e. The number of pyridine rings is 1. The number of nitrogens with one attached hydrogen (secondary N) is 1. The van der Waals surface area contributed by atoms with Crippen LogP contribution in [0, 0.1) is 0 Å². The molecule has 0 aliphatic carbocycles. The lowest BCUT2D eigenvalue weighted by Crippen LogP contribution is -2.37. The molecule has 0 saturated carbocycles. The third-order valence-corrected chi connectivity index (χ3v) is 5.77. The second-order valence-electron chi connectivity index (χ2n) is 7.09. The second-order valence-corrected chi connectivity index (χ2v) is 8.20. The summed E-state index contributed by atoms with van der Waals surface area (Å²) in [5, 5.41) is 4.03. The number of ether oxygens (including phenoxy) is 1. The van der Waals surface area contributed by atoms with Gasteiger partial charge >= 0.3 is 0 Å². The fourth-order valence-electron chi connectivity index (χ4n) is 3.11. The summed E-state index contributed by atoms with van der Waals surface area (Å²) < 4.78 is 5.37.